The maximum Gasteiger partial charge on any atom is 0.408 e. The molecule has 4 amide bonds. The highest BCUT2D eigenvalue weighted by Crippen LogP contribution is 2.34. The number of ketones is 1. The van der Waals surface area contributed by atoms with Gasteiger partial charge in [-0.05, 0) is 57.9 Å². The lowest BCUT2D eigenvalue weighted by Gasteiger charge is -2.46. The van der Waals surface area contributed by atoms with E-state index < -0.39 is 46.4 Å². The van der Waals surface area contributed by atoms with Gasteiger partial charge in [-0.1, -0.05) is 42.5 Å². The third-order valence-corrected chi connectivity index (χ3v) is 7.80. The van der Waals surface area contributed by atoms with Gasteiger partial charge < -0.3 is 29.9 Å². The van der Waals surface area contributed by atoms with Crippen LogP contribution in [0.25, 0.3) is 0 Å². The van der Waals surface area contributed by atoms with E-state index in [1.54, 1.807) is 32.9 Å². The first-order valence-corrected chi connectivity index (χ1v) is 14.9. The minimum atomic E-state index is -1.46. The summed E-state index contributed by atoms with van der Waals surface area (Å²) in [6.07, 6.45) is -0.974. The molecule has 12 heteroatoms. The molecule has 2 aliphatic rings. The van der Waals surface area contributed by atoms with Gasteiger partial charge in [0.25, 0.3) is 0 Å². The Morgan fingerprint density at radius 1 is 0.956 bits per heavy atom. The van der Waals surface area contributed by atoms with Crippen molar-refractivity contribution in [3.8, 4) is 0 Å². The molecule has 2 aromatic rings. The molecule has 45 heavy (non-hydrogen) atoms. The van der Waals surface area contributed by atoms with Crippen LogP contribution >= 0.6 is 0 Å². The van der Waals surface area contributed by atoms with Gasteiger partial charge in [0.2, 0.25) is 17.7 Å². The number of piperazine rings is 1. The van der Waals surface area contributed by atoms with E-state index in [1.165, 1.54) is 35.8 Å². The molecule has 2 atom stereocenters. The van der Waals surface area contributed by atoms with Crippen LogP contribution in [0.3, 0.4) is 0 Å². The molecule has 0 radical (unpaired) electrons. The van der Waals surface area contributed by atoms with Crippen LogP contribution in [0.5, 0.6) is 0 Å². The number of amides is 4. The summed E-state index contributed by atoms with van der Waals surface area (Å²) in [5.74, 6) is -2.23. The fourth-order valence-electron chi connectivity index (χ4n) is 5.51. The van der Waals surface area contributed by atoms with Crippen LogP contribution in [-0.2, 0) is 41.7 Å². The van der Waals surface area contributed by atoms with Gasteiger partial charge in [0.1, 0.15) is 28.5 Å². The normalized spacial score (nSPS) is 19.2. The Bertz CT molecular complexity index is 1420. The van der Waals surface area contributed by atoms with Gasteiger partial charge in [0.15, 0.2) is 5.78 Å². The fourth-order valence-corrected chi connectivity index (χ4v) is 5.51. The molecule has 0 bridgehead atoms. The quantitative estimate of drug-likeness (QED) is 0.389. The predicted octanol–water partition coefficient (Wildman–Crippen LogP) is 2.76. The van der Waals surface area contributed by atoms with Crippen molar-refractivity contribution in [1.29, 1.82) is 0 Å². The van der Waals surface area contributed by atoms with Gasteiger partial charge in [-0.3, -0.25) is 19.2 Å². The second kappa shape index (κ2) is 13.4. The van der Waals surface area contributed by atoms with Crippen molar-refractivity contribution in [3.63, 3.8) is 0 Å². The van der Waals surface area contributed by atoms with Crippen LogP contribution in [0, 0.1) is 5.82 Å². The Hall–Kier alpha value is -4.32. The number of ether oxygens (including phenoxy) is 2. The highest BCUT2D eigenvalue weighted by Gasteiger charge is 2.56. The third kappa shape index (κ3) is 8.24. The number of alkyl carbamates (subject to hydrolysis) is 1. The molecule has 11 nitrogen and oxygen atoms in total. The Morgan fingerprint density at radius 2 is 1.62 bits per heavy atom. The average Bonchev–Trinajstić information content (AvgIpc) is 3.20. The van der Waals surface area contributed by atoms with Gasteiger partial charge in [-0.15, -0.1) is 0 Å². The van der Waals surface area contributed by atoms with E-state index in [4.69, 9.17) is 9.47 Å². The minimum Gasteiger partial charge on any atom is -0.444 e. The lowest BCUT2D eigenvalue weighted by molar-refractivity contribution is -0.149. The number of nitrogens with zero attached hydrogens (tertiary/aromatic N) is 2. The van der Waals surface area contributed by atoms with Gasteiger partial charge in [-0.25, -0.2) is 9.18 Å². The molecule has 2 aromatic carbocycles. The molecular formula is C33H41FN4O7. The highest BCUT2D eigenvalue weighted by molar-refractivity contribution is 6.11. The first-order chi connectivity index (χ1) is 21.1. The maximum absolute atomic E-state index is 14.1. The molecule has 2 aliphatic heterocycles. The van der Waals surface area contributed by atoms with Crippen LogP contribution in [0.1, 0.15) is 52.2 Å². The first kappa shape index (κ1) is 33.6. The van der Waals surface area contributed by atoms with Crippen molar-refractivity contribution >= 4 is 29.6 Å². The predicted molar refractivity (Wildman–Crippen MR) is 162 cm³/mol. The van der Waals surface area contributed by atoms with Crippen molar-refractivity contribution in [3.05, 3.63) is 71.5 Å². The van der Waals surface area contributed by atoms with Crippen molar-refractivity contribution in [2.75, 3.05) is 26.2 Å². The first-order valence-electron chi connectivity index (χ1n) is 14.9. The minimum absolute atomic E-state index is 0.0988. The van der Waals surface area contributed by atoms with E-state index in [0.717, 1.165) is 5.56 Å². The van der Waals surface area contributed by atoms with Gasteiger partial charge in [0.05, 0.1) is 26.2 Å². The molecule has 0 aromatic heterocycles. The number of fused-ring (bicyclic) bond motifs is 1. The lowest BCUT2D eigenvalue weighted by atomic mass is 9.84. The maximum atomic E-state index is 14.1. The molecule has 0 aliphatic carbocycles. The summed E-state index contributed by atoms with van der Waals surface area (Å²) in [7, 11) is 0. The summed E-state index contributed by atoms with van der Waals surface area (Å²) in [5.41, 5.74) is -2.06. The molecule has 0 saturated carbocycles. The molecule has 2 N–H and O–H groups in total. The van der Waals surface area contributed by atoms with E-state index >= 15 is 0 Å². The van der Waals surface area contributed by atoms with Crippen molar-refractivity contribution in [2.24, 2.45) is 0 Å². The number of benzene rings is 2. The topological polar surface area (TPSA) is 134 Å². The van der Waals surface area contributed by atoms with E-state index in [2.05, 4.69) is 10.6 Å². The van der Waals surface area contributed by atoms with Crippen LogP contribution < -0.4 is 10.6 Å². The molecular weight excluding hydrogens is 583 g/mol. The second-order valence-corrected chi connectivity index (χ2v) is 13.0. The molecule has 2 heterocycles. The lowest BCUT2D eigenvalue weighted by Crippen LogP contribution is -2.67. The van der Waals surface area contributed by atoms with Crippen molar-refractivity contribution in [2.45, 2.75) is 76.8 Å². The Morgan fingerprint density at radius 3 is 2.27 bits per heavy atom. The van der Waals surface area contributed by atoms with Crippen LogP contribution in [0.15, 0.2) is 54.6 Å². The number of nitrogens with one attached hydrogen (secondary N) is 2. The SMILES string of the molecule is CC(C)(C)OC(=O)NC(C)(C)C(=O)N[C@H](COCc1ccccc1)C(=O)N1CCN2C(=O)CC(=O)[C@]2(Cc2ccc(F)cc2)C1. The van der Waals surface area contributed by atoms with E-state index in [-0.39, 0.29) is 57.4 Å². The van der Waals surface area contributed by atoms with E-state index in [1.807, 2.05) is 30.3 Å². The Labute approximate surface area is 262 Å². The molecule has 4 rings (SSSR count). The fraction of sp³-hybridized carbons (Fsp3) is 0.485. The van der Waals surface area contributed by atoms with Gasteiger partial charge in [-0.2, -0.15) is 0 Å². The summed E-state index contributed by atoms with van der Waals surface area (Å²) >= 11 is 0. The summed E-state index contributed by atoms with van der Waals surface area (Å²) < 4.78 is 24.8. The number of halogens is 1. The monoisotopic (exact) mass is 624 g/mol. The zero-order valence-electron chi connectivity index (χ0n) is 26.4. The summed E-state index contributed by atoms with van der Waals surface area (Å²) in [6.45, 7) is 8.20. The number of carbonyl (C=O) groups excluding carboxylic acids is 5. The van der Waals surface area contributed by atoms with Crippen LogP contribution in [0.4, 0.5) is 9.18 Å². The van der Waals surface area contributed by atoms with Crippen molar-refractivity contribution < 1.29 is 37.8 Å². The molecule has 242 valence electrons. The number of Topliss-reactive ketones (excluding diaryl/α,β-unsaturated/α-hetero) is 1. The number of hydrogen-bond acceptors (Lipinski definition) is 7. The van der Waals surface area contributed by atoms with Crippen LogP contribution in [0.2, 0.25) is 0 Å². The summed E-state index contributed by atoms with van der Waals surface area (Å²) in [4.78, 5) is 69.1. The molecule has 2 saturated heterocycles. The van der Waals surface area contributed by atoms with E-state index in [9.17, 15) is 28.4 Å². The van der Waals surface area contributed by atoms with Gasteiger partial charge in [0, 0.05) is 19.5 Å². The Balaban J connectivity index is 1.55. The third-order valence-electron chi connectivity index (χ3n) is 7.80. The largest absolute Gasteiger partial charge is 0.444 e. The van der Waals surface area contributed by atoms with Gasteiger partial charge >= 0.3 is 6.09 Å². The molecule has 0 unspecified atom stereocenters. The summed E-state index contributed by atoms with van der Waals surface area (Å²) in [5, 5.41) is 5.27. The number of hydrogen-bond donors (Lipinski definition) is 2. The number of rotatable bonds is 10. The highest BCUT2D eigenvalue weighted by atomic mass is 19.1. The standard InChI is InChI=1S/C33H41FN4O7/c1-31(2,3)45-30(43)36-32(4,5)29(42)35-25(20-44-19-23-9-7-6-8-10-23)28(41)37-15-16-38-27(40)17-26(39)33(38,21-37)18-22-11-13-24(34)14-12-22/h6-14,25H,15-21H2,1-5H3,(H,35,42)(H,36,43)/t25-,33+/m1/s1. The molecule has 0 spiro atoms. The number of carbonyl (C=O) groups is 5. The molecule has 2 fully saturated rings. The Kier molecular flexibility index (Phi) is 9.96. The average molecular weight is 625 g/mol. The second-order valence-electron chi connectivity index (χ2n) is 13.0. The smallest absolute Gasteiger partial charge is 0.408 e. The summed E-state index contributed by atoms with van der Waals surface area (Å²) in [6, 6.07) is 13.8. The van der Waals surface area contributed by atoms with E-state index in [0.29, 0.717) is 5.56 Å². The zero-order chi connectivity index (χ0) is 33.0. The van der Waals surface area contributed by atoms with Crippen LogP contribution in [-0.4, -0.2) is 88.4 Å². The van der Waals surface area contributed by atoms with Crippen molar-refractivity contribution in [1.82, 2.24) is 20.4 Å². The zero-order valence-corrected chi connectivity index (χ0v) is 26.4.